The summed E-state index contributed by atoms with van der Waals surface area (Å²) >= 11 is 0. The number of hydrogen-bond donors (Lipinski definition) is 1. The number of piperidine rings is 1. The Morgan fingerprint density at radius 2 is 1.95 bits per heavy atom. The van der Waals surface area contributed by atoms with E-state index in [4.69, 9.17) is 0 Å². The van der Waals surface area contributed by atoms with Gasteiger partial charge in [-0.1, -0.05) is 18.2 Å². The van der Waals surface area contributed by atoms with E-state index in [0.717, 1.165) is 37.2 Å². The summed E-state index contributed by atoms with van der Waals surface area (Å²) in [5.41, 5.74) is 1.54. The summed E-state index contributed by atoms with van der Waals surface area (Å²) < 4.78 is 0. The van der Waals surface area contributed by atoms with Crippen LogP contribution in [0, 0.1) is 6.92 Å². The molecule has 1 aliphatic rings. The fourth-order valence-corrected chi connectivity index (χ4v) is 2.82. The highest BCUT2D eigenvalue weighted by Crippen LogP contribution is 2.22. The van der Waals surface area contributed by atoms with Crippen molar-refractivity contribution in [3.05, 3.63) is 29.8 Å². The van der Waals surface area contributed by atoms with Gasteiger partial charge in [-0.3, -0.25) is 9.69 Å². The lowest BCUT2D eigenvalue weighted by molar-refractivity contribution is -0.120. The van der Waals surface area contributed by atoms with Gasteiger partial charge >= 0.3 is 0 Å². The van der Waals surface area contributed by atoms with Crippen molar-refractivity contribution < 1.29 is 9.90 Å². The number of nitrogens with zero attached hydrogens (tertiary/aromatic N) is 2. The highest BCUT2D eigenvalue weighted by molar-refractivity contribution is 5.95. The molecule has 0 aromatic heterocycles. The number of likely N-dealkylation sites (N-methyl/N-ethyl adjacent to an activating group) is 1. The SMILES string of the molecule is CCN(C(=O)CN1CCC(C)(O)CC1)c1ccccc1C. The van der Waals surface area contributed by atoms with E-state index in [2.05, 4.69) is 4.90 Å². The van der Waals surface area contributed by atoms with E-state index < -0.39 is 5.60 Å². The van der Waals surface area contributed by atoms with Gasteiger partial charge in [0.15, 0.2) is 0 Å². The Morgan fingerprint density at radius 3 is 2.52 bits per heavy atom. The Balaban J connectivity index is 2.00. The molecular weight excluding hydrogens is 264 g/mol. The summed E-state index contributed by atoms with van der Waals surface area (Å²) in [4.78, 5) is 16.6. The van der Waals surface area contributed by atoms with Crippen molar-refractivity contribution in [2.45, 2.75) is 39.2 Å². The molecule has 1 aromatic rings. The molecular formula is C17H26N2O2. The molecule has 21 heavy (non-hydrogen) atoms. The Kier molecular flexibility index (Phi) is 5.01. The van der Waals surface area contributed by atoms with Crippen LogP contribution in [0.3, 0.4) is 0 Å². The third-order valence-corrected chi connectivity index (χ3v) is 4.32. The van der Waals surface area contributed by atoms with Gasteiger partial charge in [0.2, 0.25) is 5.91 Å². The van der Waals surface area contributed by atoms with Crippen molar-refractivity contribution in [3.63, 3.8) is 0 Å². The van der Waals surface area contributed by atoms with Gasteiger partial charge in [-0.05, 0) is 45.2 Å². The molecule has 1 fully saturated rings. The first-order chi connectivity index (χ1) is 9.93. The van der Waals surface area contributed by atoms with Gasteiger partial charge < -0.3 is 10.0 Å². The van der Waals surface area contributed by atoms with Gasteiger partial charge in [-0.2, -0.15) is 0 Å². The second-order valence-corrected chi connectivity index (χ2v) is 6.20. The number of hydrogen-bond acceptors (Lipinski definition) is 3. The standard InChI is InChI=1S/C17H26N2O2/c1-4-19(15-8-6-5-7-14(15)2)16(20)13-18-11-9-17(3,21)10-12-18/h5-8,21H,4,9-13H2,1-3H3. The predicted octanol–water partition coefficient (Wildman–Crippen LogP) is 2.19. The number of likely N-dealkylation sites (tertiary alicyclic amines) is 1. The number of para-hydroxylation sites is 1. The van der Waals surface area contributed by atoms with Gasteiger partial charge in [0.05, 0.1) is 12.1 Å². The molecule has 4 nitrogen and oxygen atoms in total. The lowest BCUT2D eigenvalue weighted by Gasteiger charge is -2.36. The van der Waals surface area contributed by atoms with Crippen LogP contribution < -0.4 is 4.90 Å². The molecule has 0 spiro atoms. The molecule has 116 valence electrons. The minimum atomic E-state index is -0.569. The van der Waals surface area contributed by atoms with Crippen molar-refractivity contribution in [1.82, 2.24) is 4.90 Å². The third-order valence-electron chi connectivity index (χ3n) is 4.32. The zero-order chi connectivity index (χ0) is 15.5. The smallest absolute Gasteiger partial charge is 0.241 e. The molecule has 1 aromatic carbocycles. The summed E-state index contributed by atoms with van der Waals surface area (Å²) in [5, 5.41) is 9.97. The summed E-state index contributed by atoms with van der Waals surface area (Å²) in [5.74, 6) is 0.133. The zero-order valence-electron chi connectivity index (χ0n) is 13.3. The highest BCUT2D eigenvalue weighted by Gasteiger charge is 2.29. The van der Waals surface area contributed by atoms with Crippen LogP contribution >= 0.6 is 0 Å². The number of aryl methyl sites for hydroxylation is 1. The molecule has 4 heteroatoms. The van der Waals surface area contributed by atoms with E-state index in [1.807, 2.05) is 49.9 Å². The Bertz CT molecular complexity index is 489. The van der Waals surface area contributed by atoms with Crippen LogP contribution in [0.2, 0.25) is 0 Å². The first-order valence-electron chi connectivity index (χ1n) is 7.73. The van der Waals surface area contributed by atoms with Crippen LogP contribution in [0.15, 0.2) is 24.3 Å². The van der Waals surface area contributed by atoms with Crippen molar-refractivity contribution >= 4 is 11.6 Å². The first-order valence-corrected chi connectivity index (χ1v) is 7.73. The van der Waals surface area contributed by atoms with Crippen molar-refractivity contribution in [1.29, 1.82) is 0 Å². The number of carbonyl (C=O) groups excluding carboxylic acids is 1. The maximum Gasteiger partial charge on any atom is 0.241 e. The second-order valence-electron chi connectivity index (χ2n) is 6.20. The monoisotopic (exact) mass is 290 g/mol. The van der Waals surface area contributed by atoms with E-state index in [1.54, 1.807) is 0 Å². The zero-order valence-corrected chi connectivity index (χ0v) is 13.3. The van der Waals surface area contributed by atoms with Crippen molar-refractivity contribution in [2.75, 3.05) is 31.1 Å². The van der Waals surface area contributed by atoms with Crippen LogP contribution in [0.1, 0.15) is 32.3 Å². The van der Waals surface area contributed by atoms with Gasteiger partial charge in [-0.25, -0.2) is 0 Å². The van der Waals surface area contributed by atoms with Gasteiger partial charge in [0, 0.05) is 25.3 Å². The number of amides is 1. The molecule has 0 radical (unpaired) electrons. The fourth-order valence-electron chi connectivity index (χ4n) is 2.82. The Hall–Kier alpha value is -1.39. The van der Waals surface area contributed by atoms with E-state index >= 15 is 0 Å². The van der Waals surface area contributed by atoms with Crippen LogP contribution in [-0.4, -0.2) is 47.7 Å². The number of anilines is 1. The second kappa shape index (κ2) is 6.58. The molecule has 0 saturated carbocycles. The quantitative estimate of drug-likeness (QED) is 0.924. The molecule has 1 amide bonds. The van der Waals surface area contributed by atoms with Crippen LogP contribution in [0.25, 0.3) is 0 Å². The average molecular weight is 290 g/mol. The number of aliphatic hydroxyl groups is 1. The molecule has 1 saturated heterocycles. The van der Waals surface area contributed by atoms with Gasteiger partial charge in [0.1, 0.15) is 0 Å². The van der Waals surface area contributed by atoms with E-state index in [-0.39, 0.29) is 5.91 Å². The number of benzene rings is 1. The van der Waals surface area contributed by atoms with Gasteiger partial charge in [-0.15, -0.1) is 0 Å². The number of carbonyl (C=O) groups is 1. The van der Waals surface area contributed by atoms with E-state index in [1.165, 1.54) is 0 Å². The van der Waals surface area contributed by atoms with Gasteiger partial charge in [0.25, 0.3) is 0 Å². The molecule has 1 aliphatic heterocycles. The molecule has 2 rings (SSSR count). The lowest BCUT2D eigenvalue weighted by Crippen LogP contribution is -2.47. The fraction of sp³-hybridized carbons (Fsp3) is 0.588. The topological polar surface area (TPSA) is 43.8 Å². The van der Waals surface area contributed by atoms with Crippen LogP contribution in [0.5, 0.6) is 0 Å². The maximum absolute atomic E-state index is 12.6. The largest absolute Gasteiger partial charge is 0.390 e. The molecule has 0 aliphatic carbocycles. The minimum absolute atomic E-state index is 0.133. The molecule has 0 bridgehead atoms. The minimum Gasteiger partial charge on any atom is -0.390 e. The molecule has 0 atom stereocenters. The highest BCUT2D eigenvalue weighted by atomic mass is 16.3. The molecule has 1 N–H and O–H groups in total. The van der Waals surface area contributed by atoms with E-state index in [0.29, 0.717) is 13.1 Å². The van der Waals surface area contributed by atoms with E-state index in [9.17, 15) is 9.90 Å². The summed E-state index contributed by atoms with van der Waals surface area (Å²) in [6.07, 6.45) is 1.47. The lowest BCUT2D eigenvalue weighted by atomic mass is 9.94. The van der Waals surface area contributed by atoms with Crippen molar-refractivity contribution in [3.8, 4) is 0 Å². The van der Waals surface area contributed by atoms with Crippen LogP contribution in [-0.2, 0) is 4.79 Å². The summed E-state index contributed by atoms with van der Waals surface area (Å²) in [6, 6.07) is 7.99. The average Bonchev–Trinajstić information content (AvgIpc) is 2.44. The molecule has 1 heterocycles. The number of rotatable bonds is 4. The summed E-state index contributed by atoms with van der Waals surface area (Å²) in [7, 11) is 0. The van der Waals surface area contributed by atoms with Crippen molar-refractivity contribution in [2.24, 2.45) is 0 Å². The normalized spacial score (nSPS) is 18.5. The first kappa shape index (κ1) is 16.0. The maximum atomic E-state index is 12.6. The summed E-state index contributed by atoms with van der Waals surface area (Å²) in [6.45, 7) is 8.58. The Labute approximate surface area is 127 Å². The van der Waals surface area contributed by atoms with Crippen LogP contribution in [0.4, 0.5) is 5.69 Å². The molecule has 0 unspecified atom stereocenters. The third kappa shape index (κ3) is 4.05. The predicted molar refractivity (Wildman–Crippen MR) is 85.5 cm³/mol. The Morgan fingerprint density at radius 1 is 1.33 bits per heavy atom.